The van der Waals surface area contributed by atoms with Gasteiger partial charge in [-0.2, -0.15) is 0 Å². The number of benzene rings is 2. The van der Waals surface area contributed by atoms with Crippen molar-refractivity contribution >= 4 is 29.0 Å². The fourth-order valence-corrected chi connectivity index (χ4v) is 2.55. The first-order valence-corrected chi connectivity index (χ1v) is 9.00. The summed E-state index contributed by atoms with van der Waals surface area (Å²) in [6, 6.07) is 16.8. The minimum atomic E-state index is -0.373. The second kappa shape index (κ2) is 9.36. The first-order chi connectivity index (χ1) is 14.0. The lowest BCUT2D eigenvalue weighted by Crippen LogP contribution is -2.16. The summed E-state index contributed by atoms with van der Waals surface area (Å²) in [5.74, 6) is 0.180. The largest absolute Gasteiger partial charge is 0.493 e. The fraction of sp³-hybridized carbons (Fsp3) is 0.136. The molecular weight excluding hydrogens is 372 g/mol. The van der Waals surface area contributed by atoms with Crippen molar-refractivity contribution in [2.24, 2.45) is 0 Å². The Morgan fingerprint density at radius 2 is 1.66 bits per heavy atom. The van der Waals surface area contributed by atoms with Crippen molar-refractivity contribution in [3.63, 3.8) is 0 Å². The van der Waals surface area contributed by atoms with Gasteiger partial charge in [0.15, 0.2) is 11.5 Å². The molecule has 0 aliphatic rings. The number of Topliss-reactive ketones (excluding diaryl/α,β-unsaturated/α-hetero) is 1. The average molecular weight is 392 g/mol. The van der Waals surface area contributed by atoms with Gasteiger partial charge in [-0.3, -0.25) is 14.4 Å². The summed E-state index contributed by atoms with van der Waals surface area (Å²) in [7, 11) is 0. The maximum Gasteiger partial charge on any atom is 0.291 e. The minimum Gasteiger partial charge on any atom is -0.493 e. The number of carbonyl (C=O) groups excluding carboxylic acids is 3. The zero-order valence-electron chi connectivity index (χ0n) is 15.8. The predicted octanol–water partition coefficient (Wildman–Crippen LogP) is 4.14. The molecule has 2 N–H and O–H groups in total. The number of carbonyl (C=O) groups is 3. The van der Waals surface area contributed by atoms with Gasteiger partial charge in [-0.1, -0.05) is 6.07 Å². The third kappa shape index (κ3) is 5.80. The van der Waals surface area contributed by atoms with Crippen LogP contribution in [0.25, 0.3) is 0 Å². The summed E-state index contributed by atoms with van der Waals surface area (Å²) in [4.78, 5) is 35.4. The lowest BCUT2D eigenvalue weighted by atomic mass is 10.1. The molecule has 0 spiro atoms. The second-order valence-corrected chi connectivity index (χ2v) is 6.24. The normalized spacial score (nSPS) is 10.2. The van der Waals surface area contributed by atoms with E-state index in [9.17, 15) is 14.4 Å². The topological polar surface area (TPSA) is 97.6 Å². The zero-order valence-corrected chi connectivity index (χ0v) is 15.8. The molecule has 2 amide bonds. The number of rotatable bonds is 8. The van der Waals surface area contributed by atoms with Crippen molar-refractivity contribution in [1.29, 1.82) is 0 Å². The van der Waals surface area contributed by atoms with Gasteiger partial charge >= 0.3 is 0 Å². The van der Waals surface area contributed by atoms with E-state index < -0.39 is 0 Å². The standard InChI is InChI=1S/C22H20N2O5/c1-15(25)16-7-9-19(10-8-16)28-13-11-21(26)23-17-4-2-5-18(14-17)24-22(27)20-6-3-12-29-20/h2-10,12,14H,11,13H2,1H3,(H,23,26)(H,24,27). The molecule has 0 bridgehead atoms. The number of furan rings is 1. The molecule has 7 nitrogen and oxygen atoms in total. The molecule has 148 valence electrons. The molecule has 0 aliphatic carbocycles. The lowest BCUT2D eigenvalue weighted by molar-refractivity contribution is -0.116. The highest BCUT2D eigenvalue weighted by atomic mass is 16.5. The maximum atomic E-state index is 12.1. The van der Waals surface area contributed by atoms with Gasteiger partial charge < -0.3 is 19.8 Å². The average Bonchev–Trinajstić information content (AvgIpc) is 3.24. The van der Waals surface area contributed by atoms with E-state index in [1.54, 1.807) is 60.7 Å². The summed E-state index contributed by atoms with van der Waals surface area (Å²) >= 11 is 0. The van der Waals surface area contributed by atoms with Crippen LogP contribution in [-0.2, 0) is 4.79 Å². The van der Waals surface area contributed by atoms with Crippen LogP contribution in [0.1, 0.15) is 34.3 Å². The number of ketones is 1. The van der Waals surface area contributed by atoms with E-state index in [2.05, 4.69) is 10.6 Å². The monoisotopic (exact) mass is 392 g/mol. The van der Waals surface area contributed by atoms with Crippen molar-refractivity contribution in [2.45, 2.75) is 13.3 Å². The van der Waals surface area contributed by atoms with Gasteiger partial charge in [0, 0.05) is 16.9 Å². The highest BCUT2D eigenvalue weighted by Crippen LogP contribution is 2.17. The van der Waals surface area contributed by atoms with Crippen LogP contribution in [0.4, 0.5) is 11.4 Å². The Morgan fingerprint density at radius 1 is 0.931 bits per heavy atom. The van der Waals surface area contributed by atoms with Crippen molar-refractivity contribution in [3.8, 4) is 5.75 Å². The molecule has 0 fully saturated rings. The Morgan fingerprint density at radius 3 is 2.31 bits per heavy atom. The van der Waals surface area contributed by atoms with Gasteiger partial charge in [0.2, 0.25) is 5.91 Å². The van der Waals surface area contributed by atoms with Gasteiger partial charge in [0.25, 0.3) is 5.91 Å². The molecule has 3 rings (SSSR count). The lowest BCUT2D eigenvalue weighted by Gasteiger charge is -2.09. The predicted molar refractivity (Wildman–Crippen MR) is 108 cm³/mol. The van der Waals surface area contributed by atoms with Gasteiger partial charge in [0.05, 0.1) is 19.3 Å². The Kier molecular flexibility index (Phi) is 6.42. The number of hydrogen-bond acceptors (Lipinski definition) is 5. The van der Waals surface area contributed by atoms with E-state index in [-0.39, 0.29) is 36.4 Å². The zero-order chi connectivity index (χ0) is 20.6. The van der Waals surface area contributed by atoms with Crippen molar-refractivity contribution in [3.05, 3.63) is 78.3 Å². The Labute approximate surface area is 167 Å². The smallest absolute Gasteiger partial charge is 0.291 e. The summed E-state index contributed by atoms with van der Waals surface area (Å²) in [5, 5.41) is 5.46. The van der Waals surface area contributed by atoms with Crippen molar-refractivity contribution in [2.75, 3.05) is 17.2 Å². The second-order valence-electron chi connectivity index (χ2n) is 6.24. The summed E-state index contributed by atoms with van der Waals surface area (Å²) in [6.45, 7) is 1.69. The third-order valence-electron chi connectivity index (χ3n) is 4.01. The van der Waals surface area contributed by atoms with E-state index >= 15 is 0 Å². The van der Waals surface area contributed by atoms with Crippen LogP contribution < -0.4 is 15.4 Å². The Balaban J connectivity index is 1.47. The van der Waals surface area contributed by atoms with Gasteiger partial charge in [-0.25, -0.2) is 0 Å². The first-order valence-electron chi connectivity index (χ1n) is 9.00. The molecule has 29 heavy (non-hydrogen) atoms. The maximum absolute atomic E-state index is 12.1. The molecular formula is C22H20N2O5. The van der Waals surface area contributed by atoms with Crippen LogP contribution in [0.3, 0.4) is 0 Å². The SMILES string of the molecule is CC(=O)c1ccc(OCCC(=O)Nc2cccc(NC(=O)c3ccco3)c2)cc1. The molecule has 3 aromatic rings. The number of nitrogens with one attached hydrogen (secondary N) is 2. The van der Waals surface area contributed by atoms with Gasteiger partial charge in [-0.05, 0) is 61.5 Å². The fourth-order valence-electron chi connectivity index (χ4n) is 2.55. The van der Waals surface area contributed by atoms with Crippen LogP contribution in [0.5, 0.6) is 5.75 Å². The van der Waals surface area contributed by atoms with E-state index in [0.717, 1.165) is 0 Å². The molecule has 0 aliphatic heterocycles. The Bertz CT molecular complexity index is 994. The number of amides is 2. The molecule has 0 saturated carbocycles. The molecule has 0 atom stereocenters. The molecule has 0 unspecified atom stereocenters. The molecule has 1 heterocycles. The van der Waals surface area contributed by atoms with Crippen LogP contribution >= 0.6 is 0 Å². The minimum absolute atomic E-state index is 0.0153. The van der Waals surface area contributed by atoms with Crippen LogP contribution in [-0.4, -0.2) is 24.2 Å². The van der Waals surface area contributed by atoms with Gasteiger partial charge in [0.1, 0.15) is 5.75 Å². The summed E-state index contributed by atoms with van der Waals surface area (Å²) in [6.07, 6.45) is 1.57. The quantitative estimate of drug-likeness (QED) is 0.562. The van der Waals surface area contributed by atoms with Crippen molar-refractivity contribution < 1.29 is 23.5 Å². The Hall–Kier alpha value is -3.87. The van der Waals surface area contributed by atoms with E-state index in [4.69, 9.17) is 9.15 Å². The van der Waals surface area contributed by atoms with Crippen LogP contribution in [0.15, 0.2) is 71.3 Å². The van der Waals surface area contributed by atoms with Crippen LogP contribution in [0, 0.1) is 0 Å². The summed E-state index contributed by atoms with van der Waals surface area (Å²) < 4.78 is 10.6. The van der Waals surface area contributed by atoms with E-state index in [1.807, 2.05) is 0 Å². The third-order valence-corrected chi connectivity index (χ3v) is 4.01. The highest BCUT2D eigenvalue weighted by molar-refractivity contribution is 6.02. The first kappa shape index (κ1) is 19.9. The molecule has 7 heteroatoms. The molecule has 0 saturated heterocycles. The number of anilines is 2. The molecule has 1 aromatic heterocycles. The van der Waals surface area contributed by atoms with E-state index in [0.29, 0.717) is 22.7 Å². The number of hydrogen-bond donors (Lipinski definition) is 2. The van der Waals surface area contributed by atoms with Crippen molar-refractivity contribution in [1.82, 2.24) is 0 Å². The highest BCUT2D eigenvalue weighted by Gasteiger charge is 2.10. The van der Waals surface area contributed by atoms with Crippen LogP contribution in [0.2, 0.25) is 0 Å². The summed E-state index contributed by atoms with van der Waals surface area (Å²) in [5.41, 5.74) is 1.69. The van der Waals surface area contributed by atoms with Gasteiger partial charge in [-0.15, -0.1) is 0 Å². The number of ether oxygens (including phenoxy) is 1. The molecule has 0 radical (unpaired) electrons. The molecule has 2 aromatic carbocycles. The van der Waals surface area contributed by atoms with E-state index in [1.165, 1.54) is 13.2 Å².